The molecule has 2 aromatic rings. The molecule has 1 fully saturated rings. The Kier molecular flexibility index (Phi) is 8.35. The van der Waals surface area contributed by atoms with E-state index in [0.717, 1.165) is 55.4 Å². The fourth-order valence-corrected chi connectivity index (χ4v) is 3.45. The van der Waals surface area contributed by atoms with Crippen molar-refractivity contribution in [1.29, 1.82) is 0 Å². The van der Waals surface area contributed by atoms with Crippen LogP contribution in [-0.4, -0.2) is 57.4 Å². The van der Waals surface area contributed by atoms with Crippen LogP contribution in [-0.2, 0) is 11.3 Å². The zero-order valence-electron chi connectivity index (χ0n) is 17.8. The number of anilines is 1. The molecule has 1 saturated heterocycles. The summed E-state index contributed by atoms with van der Waals surface area (Å²) in [5.41, 5.74) is 7.86. The number of aliphatic imine (C=N–C) groups is 1. The summed E-state index contributed by atoms with van der Waals surface area (Å²) in [6.07, 6.45) is 2.18. The van der Waals surface area contributed by atoms with Crippen molar-refractivity contribution in [3.8, 4) is 11.5 Å². The molecule has 30 heavy (non-hydrogen) atoms. The van der Waals surface area contributed by atoms with Gasteiger partial charge < -0.3 is 25.3 Å². The lowest BCUT2D eigenvalue weighted by atomic mass is 10.1. The summed E-state index contributed by atoms with van der Waals surface area (Å²) >= 11 is 0. The molecule has 0 radical (unpaired) electrons. The molecule has 0 unspecified atom stereocenters. The monoisotopic (exact) mass is 412 g/mol. The van der Waals surface area contributed by atoms with Crippen LogP contribution in [0.5, 0.6) is 11.5 Å². The molecular weight excluding hydrogens is 380 g/mol. The molecule has 1 aliphatic heterocycles. The van der Waals surface area contributed by atoms with Crippen molar-refractivity contribution in [2.75, 3.05) is 45.8 Å². The normalized spacial score (nSPS) is 15.2. The standard InChI is InChI=1S/C23H32N4O3/c1-27(19-10-13-29-14-11-19)12-15-30-20-7-5-6-18(16-20)17-25-23(24)26-21-8-3-4-9-22(21)28-2/h3-9,16,19H,10-15,17H2,1-2H3,(H3,24,25,26). The number of nitrogens with one attached hydrogen (secondary N) is 1. The Balaban J connectivity index is 1.48. The van der Waals surface area contributed by atoms with E-state index in [2.05, 4.69) is 22.3 Å². The highest BCUT2D eigenvalue weighted by Crippen LogP contribution is 2.22. The number of para-hydroxylation sites is 2. The minimum atomic E-state index is 0.337. The molecule has 7 nitrogen and oxygen atoms in total. The number of methoxy groups -OCH3 is 1. The Morgan fingerprint density at radius 2 is 2.00 bits per heavy atom. The molecule has 1 heterocycles. The van der Waals surface area contributed by atoms with Crippen molar-refractivity contribution in [1.82, 2.24) is 4.90 Å². The highest BCUT2D eigenvalue weighted by Gasteiger charge is 2.17. The lowest BCUT2D eigenvalue weighted by Crippen LogP contribution is -2.38. The van der Waals surface area contributed by atoms with Crippen LogP contribution in [0.15, 0.2) is 53.5 Å². The second-order valence-corrected chi connectivity index (χ2v) is 7.35. The van der Waals surface area contributed by atoms with Gasteiger partial charge in [0.05, 0.1) is 19.3 Å². The first kappa shape index (κ1) is 21.9. The Hall–Kier alpha value is -2.77. The van der Waals surface area contributed by atoms with Gasteiger partial charge in [-0.2, -0.15) is 0 Å². The summed E-state index contributed by atoms with van der Waals surface area (Å²) in [7, 11) is 3.78. The SMILES string of the molecule is COc1ccccc1NC(N)=NCc1cccc(OCCN(C)C2CCOCC2)c1. The van der Waals surface area contributed by atoms with Crippen LogP contribution in [0.2, 0.25) is 0 Å². The fourth-order valence-electron chi connectivity index (χ4n) is 3.45. The molecule has 0 saturated carbocycles. The highest BCUT2D eigenvalue weighted by atomic mass is 16.5. The third-order valence-electron chi connectivity index (χ3n) is 5.23. The zero-order valence-corrected chi connectivity index (χ0v) is 17.8. The van der Waals surface area contributed by atoms with Crippen molar-refractivity contribution in [3.63, 3.8) is 0 Å². The van der Waals surface area contributed by atoms with E-state index in [1.807, 2.05) is 48.5 Å². The summed E-state index contributed by atoms with van der Waals surface area (Å²) in [5.74, 6) is 1.90. The predicted octanol–water partition coefficient (Wildman–Crippen LogP) is 3.11. The molecule has 0 bridgehead atoms. The average Bonchev–Trinajstić information content (AvgIpc) is 2.79. The Labute approximate surface area is 178 Å². The maximum atomic E-state index is 6.04. The van der Waals surface area contributed by atoms with Gasteiger partial charge in [-0.1, -0.05) is 24.3 Å². The second-order valence-electron chi connectivity index (χ2n) is 7.35. The van der Waals surface area contributed by atoms with E-state index < -0.39 is 0 Å². The number of rotatable bonds is 9. The van der Waals surface area contributed by atoms with Gasteiger partial charge in [0, 0.05) is 25.8 Å². The molecule has 0 aliphatic carbocycles. The quantitative estimate of drug-likeness (QED) is 0.487. The van der Waals surface area contributed by atoms with Gasteiger partial charge in [0.2, 0.25) is 0 Å². The largest absolute Gasteiger partial charge is 0.495 e. The van der Waals surface area contributed by atoms with E-state index in [1.54, 1.807) is 7.11 Å². The first-order valence-corrected chi connectivity index (χ1v) is 10.4. The zero-order chi connectivity index (χ0) is 21.2. The Morgan fingerprint density at radius 3 is 2.80 bits per heavy atom. The van der Waals surface area contributed by atoms with Gasteiger partial charge in [-0.25, -0.2) is 4.99 Å². The van der Waals surface area contributed by atoms with Crippen LogP contribution in [0.1, 0.15) is 18.4 Å². The molecule has 3 rings (SSSR count). The van der Waals surface area contributed by atoms with E-state index in [4.69, 9.17) is 19.9 Å². The summed E-state index contributed by atoms with van der Waals surface area (Å²) in [4.78, 5) is 6.79. The van der Waals surface area contributed by atoms with Crippen LogP contribution < -0.4 is 20.5 Å². The van der Waals surface area contributed by atoms with E-state index in [-0.39, 0.29) is 0 Å². The van der Waals surface area contributed by atoms with Crippen molar-refractivity contribution < 1.29 is 14.2 Å². The molecule has 0 aromatic heterocycles. The molecule has 0 spiro atoms. The third kappa shape index (κ3) is 6.64. The van der Waals surface area contributed by atoms with Crippen molar-refractivity contribution in [2.45, 2.75) is 25.4 Å². The number of nitrogens with two attached hydrogens (primary N) is 1. The van der Waals surface area contributed by atoms with Crippen LogP contribution in [0.3, 0.4) is 0 Å². The van der Waals surface area contributed by atoms with Crippen LogP contribution in [0, 0.1) is 0 Å². The van der Waals surface area contributed by atoms with Gasteiger partial charge in [-0.05, 0) is 49.7 Å². The smallest absolute Gasteiger partial charge is 0.193 e. The number of ether oxygens (including phenoxy) is 3. The third-order valence-corrected chi connectivity index (χ3v) is 5.23. The lowest BCUT2D eigenvalue weighted by Gasteiger charge is -2.31. The summed E-state index contributed by atoms with van der Waals surface area (Å²) in [5, 5.41) is 3.08. The van der Waals surface area contributed by atoms with Gasteiger partial charge in [0.1, 0.15) is 18.1 Å². The highest BCUT2D eigenvalue weighted by molar-refractivity contribution is 5.93. The van der Waals surface area contributed by atoms with Crippen molar-refractivity contribution in [2.24, 2.45) is 10.7 Å². The van der Waals surface area contributed by atoms with Gasteiger partial charge in [0.15, 0.2) is 5.96 Å². The second kappa shape index (κ2) is 11.4. The molecule has 1 aliphatic rings. The number of benzene rings is 2. The van der Waals surface area contributed by atoms with E-state index in [1.165, 1.54) is 0 Å². The molecule has 7 heteroatoms. The van der Waals surface area contributed by atoms with Crippen molar-refractivity contribution >= 4 is 11.6 Å². The maximum absolute atomic E-state index is 6.04. The Morgan fingerprint density at radius 1 is 1.20 bits per heavy atom. The number of likely N-dealkylation sites (N-methyl/N-ethyl adjacent to an activating group) is 1. The van der Waals surface area contributed by atoms with E-state index in [0.29, 0.717) is 25.2 Å². The van der Waals surface area contributed by atoms with Gasteiger partial charge in [-0.3, -0.25) is 4.90 Å². The van der Waals surface area contributed by atoms with Crippen LogP contribution >= 0.6 is 0 Å². The minimum absolute atomic E-state index is 0.337. The first-order valence-electron chi connectivity index (χ1n) is 10.4. The predicted molar refractivity (Wildman–Crippen MR) is 120 cm³/mol. The minimum Gasteiger partial charge on any atom is -0.495 e. The molecular formula is C23H32N4O3. The average molecular weight is 413 g/mol. The Bertz CT molecular complexity index is 822. The molecule has 0 atom stereocenters. The van der Waals surface area contributed by atoms with Crippen LogP contribution in [0.25, 0.3) is 0 Å². The number of nitrogens with zero attached hydrogens (tertiary/aromatic N) is 2. The number of hydrogen-bond acceptors (Lipinski definition) is 5. The van der Waals surface area contributed by atoms with E-state index >= 15 is 0 Å². The number of hydrogen-bond donors (Lipinski definition) is 2. The lowest BCUT2D eigenvalue weighted by molar-refractivity contribution is 0.0392. The van der Waals surface area contributed by atoms with Crippen molar-refractivity contribution in [3.05, 3.63) is 54.1 Å². The number of guanidine groups is 1. The summed E-state index contributed by atoms with van der Waals surface area (Å²) < 4.78 is 16.7. The molecule has 2 aromatic carbocycles. The molecule has 3 N–H and O–H groups in total. The molecule has 162 valence electrons. The summed E-state index contributed by atoms with van der Waals surface area (Å²) in [6, 6.07) is 16.1. The van der Waals surface area contributed by atoms with E-state index in [9.17, 15) is 0 Å². The topological polar surface area (TPSA) is 81.3 Å². The first-order chi connectivity index (χ1) is 14.7. The van der Waals surface area contributed by atoms with Crippen LogP contribution in [0.4, 0.5) is 5.69 Å². The fraction of sp³-hybridized carbons (Fsp3) is 0.435. The van der Waals surface area contributed by atoms with Gasteiger partial charge >= 0.3 is 0 Å². The van der Waals surface area contributed by atoms with Gasteiger partial charge in [-0.15, -0.1) is 0 Å². The summed E-state index contributed by atoms with van der Waals surface area (Å²) in [6.45, 7) is 3.72. The van der Waals surface area contributed by atoms with Gasteiger partial charge in [0.25, 0.3) is 0 Å². The molecule has 0 amide bonds. The maximum Gasteiger partial charge on any atom is 0.193 e.